The fourth-order valence-electron chi connectivity index (χ4n) is 5.55. The molecule has 3 nitrogen and oxygen atoms in total. The molecule has 1 aliphatic carbocycles. The van der Waals surface area contributed by atoms with Crippen molar-refractivity contribution >= 4 is 17.3 Å². The van der Waals surface area contributed by atoms with Gasteiger partial charge in [-0.2, -0.15) is 0 Å². The van der Waals surface area contributed by atoms with Crippen LogP contribution in [0.4, 0.5) is 11.4 Å². The highest BCUT2D eigenvalue weighted by Crippen LogP contribution is 2.41. The molecule has 0 spiro atoms. The van der Waals surface area contributed by atoms with E-state index in [2.05, 4.69) is 80.6 Å². The molecule has 0 amide bonds. The van der Waals surface area contributed by atoms with Crippen LogP contribution >= 0.6 is 0 Å². The van der Waals surface area contributed by atoms with Gasteiger partial charge in [0, 0.05) is 17.8 Å². The number of benzene rings is 3. The largest absolute Gasteiger partial charge is 0.480 e. The highest BCUT2D eigenvalue weighted by atomic mass is 16.4. The van der Waals surface area contributed by atoms with Gasteiger partial charge in [-0.15, -0.1) is 0 Å². The Morgan fingerprint density at radius 1 is 0.879 bits per heavy atom. The van der Waals surface area contributed by atoms with Crippen LogP contribution in [0.1, 0.15) is 74.5 Å². The predicted molar refractivity (Wildman–Crippen MR) is 136 cm³/mol. The third kappa shape index (κ3) is 4.29. The van der Waals surface area contributed by atoms with Gasteiger partial charge in [-0.1, -0.05) is 75.6 Å². The molecule has 0 bridgehead atoms. The lowest BCUT2D eigenvalue weighted by Gasteiger charge is -2.25. The van der Waals surface area contributed by atoms with Crippen LogP contribution in [0.3, 0.4) is 0 Å². The summed E-state index contributed by atoms with van der Waals surface area (Å²) in [5.41, 5.74) is 8.12. The summed E-state index contributed by atoms with van der Waals surface area (Å²) in [6.07, 6.45) is 7.20. The molecule has 1 atom stereocenters. The van der Waals surface area contributed by atoms with Gasteiger partial charge in [-0.25, -0.2) is 4.79 Å². The maximum atomic E-state index is 12.1. The summed E-state index contributed by atoms with van der Waals surface area (Å²) in [4.78, 5) is 14.1. The van der Waals surface area contributed by atoms with E-state index in [0.717, 1.165) is 22.5 Å². The number of hydrogen-bond acceptors (Lipinski definition) is 2. The molecular weight excluding hydrogens is 406 g/mol. The monoisotopic (exact) mass is 439 g/mol. The smallest absolute Gasteiger partial charge is 0.327 e. The van der Waals surface area contributed by atoms with E-state index in [1.807, 2.05) is 4.90 Å². The standard InChI is InChI=1S/C30H33NO2/c1-20(2)21-12-15-27(16-13-21)31-28-17-14-25(18-26(28)19-29(31)30(32)33)24-10-8-23(9-11-24)22-6-4-3-5-7-22/h8-18,20,22,29H,3-7,19H2,1-2H3,(H,32,33). The lowest BCUT2D eigenvalue weighted by molar-refractivity contribution is -0.138. The molecule has 1 heterocycles. The van der Waals surface area contributed by atoms with E-state index in [0.29, 0.717) is 18.3 Å². The zero-order valence-corrected chi connectivity index (χ0v) is 19.6. The average molecular weight is 440 g/mol. The molecular formula is C30H33NO2. The first-order chi connectivity index (χ1) is 16.0. The van der Waals surface area contributed by atoms with Crippen molar-refractivity contribution in [1.29, 1.82) is 0 Å². The molecule has 1 unspecified atom stereocenters. The van der Waals surface area contributed by atoms with Gasteiger partial charge >= 0.3 is 5.97 Å². The highest BCUT2D eigenvalue weighted by molar-refractivity contribution is 5.88. The van der Waals surface area contributed by atoms with Crippen molar-refractivity contribution in [3.8, 4) is 11.1 Å². The van der Waals surface area contributed by atoms with Crippen molar-refractivity contribution in [2.75, 3.05) is 4.90 Å². The molecule has 1 saturated carbocycles. The number of hydrogen-bond donors (Lipinski definition) is 1. The first-order valence-corrected chi connectivity index (χ1v) is 12.4. The second-order valence-corrected chi connectivity index (χ2v) is 9.97. The van der Waals surface area contributed by atoms with Crippen LogP contribution in [0.15, 0.2) is 66.7 Å². The third-order valence-corrected chi connectivity index (χ3v) is 7.51. The zero-order chi connectivity index (χ0) is 22.9. The first kappa shape index (κ1) is 21.8. The summed E-state index contributed by atoms with van der Waals surface area (Å²) >= 11 is 0. The quantitative estimate of drug-likeness (QED) is 0.443. The maximum absolute atomic E-state index is 12.1. The molecule has 3 aromatic carbocycles. The van der Waals surface area contributed by atoms with Gasteiger partial charge in [0.25, 0.3) is 0 Å². The zero-order valence-electron chi connectivity index (χ0n) is 19.6. The Balaban J connectivity index is 1.43. The minimum absolute atomic E-state index is 0.451. The van der Waals surface area contributed by atoms with Crippen molar-refractivity contribution < 1.29 is 9.90 Å². The Kier molecular flexibility index (Phi) is 5.97. The molecule has 0 saturated heterocycles. The van der Waals surface area contributed by atoms with Crippen LogP contribution in [0.25, 0.3) is 11.1 Å². The van der Waals surface area contributed by atoms with Crippen molar-refractivity contribution in [2.45, 2.75) is 70.3 Å². The van der Waals surface area contributed by atoms with Crippen LogP contribution in [-0.2, 0) is 11.2 Å². The van der Waals surface area contributed by atoms with Gasteiger partial charge in [0.1, 0.15) is 6.04 Å². The number of carboxylic acids is 1. The van der Waals surface area contributed by atoms with Gasteiger partial charge in [0.2, 0.25) is 0 Å². The van der Waals surface area contributed by atoms with E-state index in [9.17, 15) is 9.90 Å². The molecule has 33 heavy (non-hydrogen) atoms. The number of carboxylic acid groups (broad SMARTS) is 1. The van der Waals surface area contributed by atoms with Crippen LogP contribution in [0.2, 0.25) is 0 Å². The molecule has 170 valence electrons. The van der Waals surface area contributed by atoms with E-state index >= 15 is 0 Å². The third-order valence-electron chi connectivity index (χ3n) is 7.51. The number of carbonyl (C=O) groups is 1. The SMILES string of the molecule is CC(C)c1ccc(N2c3ccc(-c4ccc(C5CCCCC5)cc4)cc3CC2C(=O)O)cc1. The van der Waals surface area contributed by atoms with Crippen molar-refractivity contribution in [1.82, 2.24) is 0 Å². The summed E-state index contributed by atoms with van der Waals surface area (Å²) in [5, 5.41) is 9.96. The number of rotatable bonds is 5. The Bertz CT molecular complexity index is 1120. The Hall–Kier alpha value is -3.07. The average Bonchev–Trinajstić information content (AvgIpc) is 3.24. The van der Waals surface area contributed by atoms with Gasteiger partial charge in [0.15, 0.2) is 0 Å². The molecule has 0 radical (unpaired) electrons. The lowest BCUT2D eigenvalue weighted by atomic mass is 9.83. The Morgan fingerprint density at radius 3 is 2.18 bits per heavy atom. The van der Waals surface area contributed by atoms with E-state index in [-0.39, 0.29) is 0 Å². The van der Waals surface area contributed by atoms with Gasteiger partial charge < -0.3 is 10.0 Å². The van der Waals surface area contributed by atoms with E-state index in [1.165, 1.54) is 48.8 Å². The molecule has 2 aliphatic rings. The fourth-order valence-corrected chi connectivity index (χ4v) is 5.55. The van der Waals surface area contributed by atoms with E-state index in [1.54, 1.807) is 0 Å². The fraction of sp³-hybridized carbons (Fsp3) is 0.367. The van der Waals surface area contributed by atoms with Crippen LogP contribution in [-0.4, -0.2) is 17.1 Å². The second kappa shape index (κ2) is 9.05. The van der Waals surface area contributed by atoms with Crippen LogP contribution in [0.5, 0.6) is 0 Å². The lowest BCUT2D eigenvalue weighted by Crippen LogP contribution is -2.35. The maximum Gasteiger partial charge on any atom is 0.327 e. The van der Waals surface area contributed by atoms with Crippen LogP contribution in [0, 0.1) is 0 Å². The Labute approximate surface area is 197 Å². The highest BCUT2D eigenvalue weighted by Gasteiger charge is 2.35. The van der Waals surface area contributed by atoms with Gasteiger partial charge in [0.05, 0.1) is 0 Å². The Morgan fingerprint density at radius 2 is 1.55 bits per heavy atom. The number of aliphatic carboxylic acids is 1. The van der Waals surface area contributed by atoms with E-state index < -0.39 is 12.0 Å². The molecule has 0 aromatic heterocycles. The number of nitrogens with zero attached hydrogens (tertiary/aromatic N) is 1. The van der Waals surface area contributed by atoms with E-state index in [4.69, 9.17) is 0 Å². The molecule has 1 N–H and O–H groups in total. The molecule has 3 aromatic rings. The minimum Gasteiger partial charge on any atom is -0.480 e. The normalized spacial score (nSPS) is 18.5. The van der Waals surface area contributed by atoms with Gasteiger partial charge in [-0.3, -0.25) is 0 Å². The second-order valence-electron chi connectivity index (χ2n) is 9.97. The van der Waals surface area contributed by atoms with Crippen LogP contribution < -0.4 is 4.90 Å². The van der Waals surface area contributed by atoms with Crippen molar-refractivity contribution in [2.24, 2.45) is 0 Å². The summed E-state index contributed by atoms with van der Waals surface area (Å²) in [6, 6.07) is 23.2. The molecule has 3 heteroatoms. The number of fused-ring (bicyclic) bond motifs is 1. The van der Waals surface area contributed by atoms with Crippen molar-refractivity contribution in [3.63, 3.8) is 0 Å². The minimum atomic E-state index is -0.780. The van der Waals surface area contributed by atoms with Gasteiger partial charge in [-0.05, 0) is 76.8 Å². The summed E-state index contributed by atoms with van der Waals surface area (Å²) in [7, 11) is 0. The number of anilines is 2. The molecule has 1 aliphatic heterocycles. The predicted octanol–water partition coefficient (Wildman–Crippen LogP) is 7.67. The molecule has 1 fully saturated rings. The van der Waals surface area contributed by atoms with Crippen molar-refractivity contribution in [3.05, 3.63) is 83.4 Å². The summed E-state index contributed by atoms with van der Waals surface area (Å²) < 4.78 is 0. The first-order valence-electron chi connectivity index (χ1n) is 12.4. The summed E-state index contributed by atoms with van der Waals surface area (Å²) in [5.74, 6) is 0.379. The topological polar surface area (TPSA) is 40.5 Å². The molecule has 5 rings (SSSR count). The summed E-state index contributed by atoms with van der Waals surface area (Å²) in [6.45, 7) is 4.34.